The van der Waals surface area contributed by atoms with Crippen LogP contribution in [0.15, 0.2) is 36.5 Å². The smallest absolute Gasteiger partial charge is 0.274 e. The van der Waals surface area contributed by atoms with Gasteiger partial charge in [-0.05, 0) is 37.0 Å². The molecule has 25 heavy (non-hydrogen) atoms. The first-order valence-electron chi connectivity index (χ1n) is 8.76. The van der Waals surface area contributed by atoms with Crippen LogP contribution in [0.1, 0.15) is 37.2 Å². The summed E-state index contributed by atoms with van der Waals surface area (Å²) >= 11 is 0. The first-order valence-corrected chi connectivity index (χ1v) is 8.76. The molecule has 0 atom stereocenters. The topological polar surface area (TPSA) is 47.4 Å². The van der Waals surface area contributed by atoms with E-state index in [0.717, 1.165) is 19.4 Å². The summed E-state index contributed by atoms with van der Waals surface area (Å²) in [6.45, 7) is 6.34. The lowest BCUT2D eigenvalue weighted by Crippen LogP contribution is -2.41. The van der Waals surface area contributed by atoms with Crippen molar-refractivity contribution in [3.63, 3.8) is 0 Å². The van der Waals surface area contributed by atoms with Gasteiger partial charge in [-0.25, -0.2) is 9.07 Å². The lowest BCUT2D eigenvalue weighted by atomic mass is 10.1. The van der Waals surface area contributed by atoms with Crippen LogP contribution in [0.4, 0.5) is 4.39 Å². The Hall–Kier alpha value is -2.21. The summed E-state index contributed by atoms with van der Waals surface area (Å²) in [7, 11) is 0. The Kier molecular flexibility index (Phi) is 5.48. The monoisotopic (exact) mass is 345 g/mol. The Morgan fingerprint density at radius 3 is 2.68 bits per heavy atom. The molecule has 5 nitrogen and oxygen atoms in total. The fraction of sp³-hybridized carbons (Fsp3) is 0.474. The van der Waals surface area contributed by atoms with Crippen molar-refractivity contribution in [1.29, 1.82) is 0 Å². The molecule has 6 heteroatoms. The second-order valence-electron chi connectivity index (χ2n) is 6.82. The number of halogens is 1. The molecular weight excluding hydrogens is 321 g/mol. The van der Waals surface area contributed by atoms with Gasteiger partial charge >= 0.3 is 0 Å². The third-order valence-electron chi connectivity index (χ3n) is 4.30. The van der Waals surface area contributed by atoms with Gasteiger partial charge in [0.2, 0.25) is 0 Å². The van der Waals surface area contributed by atoms with E-state index < -0.39 is 0 Å². The predicted molar refractivity (Wildman–Crippen MR) is 93.2 cm³/mol. The van der Waals surface area contributed by atoms with Crippen LogP contribution in [0.2, 0.25) is 0 Å². The lowest BCUT2D eigenvalue weighted by molar-refractivity contribution is -0.00243. The Bertz CT molecular complexity index is 721. The van der Waals surface area contributed by atoms with Crippen LogP contribution in [-0.4, -0.2) is 46.4 Å². The van der Waals surface area contributed by atoms with Crippen molar-refractivity contribution in [2.75, 3.05) is 19.7 Å². The number of piperidine rings is 1. The molecule has 1 aliphatic rings. The minimum Gasteiger partial charge on any atom is -0.378 e. The van der Waals surface area contributed by atoms with Crippen LogP contribution in [0, 0.1) is 11.7 Å². The second-order valence-corrected chi connectivity index (χ2v) is 6.82. The molecule has 0 aliphatic carbocycles. The lowest BCUT2D eigenvalue weighted by Gasteiger charge is -2.31. The van der Waals surface area contributed by atoms with Crippen molar-refractivity contribution in [3.8, 4) is 5.69 Å². The van der Waals surface area contributed by atoms with Crippen LogP contribution < -0.4 is 0 Å². The number of hydrogen-bond donors (Lipinski definition) is 0. The normalized spacial score (nSPS) is 15.8. The van der Waals surface area contributed by atoms with Crippen LogP contribution in [0.3, 0.4) is 0 Å². The number of para-hydroxylation sites is 1. The minimum absolute atomic E-state index is 0.114. The highest BCUT2D eigenvalue weighted by Gasteiger charge is 2.25. The van der Waals surface area contributed by atoms with Crippen molar-refractivity contribution in [2.45, 2.75) is 32.8 Å². The summed E-state index contributed by atoms with van der Waals surface area (Å²) in [4.78, 5) is 14.4. The standard InChI is InChI=1S/C19H24FN3O2/c1-14(2)13-25-15-7-10-22(11-8-15)19(24)17-9-12-23(21-17)18-6-4-3-5-16(18)20/h3-6,9,12,14-15H,7-8,10-11,13H2,1-2H3. The zero-order valence-electron chi connectivity index (χ0n) is 14.7. The van der Waals surface area contributed by atoms with Gasteiger partial charge in [-0.3, -0.25) is 4.79 Å². The van der Waals surface area contributed by atoms with Gasteiger partial charge in [0.15, 0.2) is 5.69 Å². The Labute approximate surface area is 147 Å². The van der Waals surface area contributed by atoms with Gasteiger partial charge in [-0.2, -0.15) is 5.10 Å². The molecular formula is C19H24FN3O2. The summed E-state index contributed by atoms with van der Waals surface area (Å²) in [5, 5.41) is 4.25. The molecule has 2 heterocycles. The zero-order valence-corrected chi connectivity index (χ0v) is 14.7. The van der Waals surface area contributed by atoms with E-state index in [9.17, 15) is 9.18 Å². The Morgan fingerprint density at radius 1 is 1.28 bits per heavy atom. The number of likely N-dealkylation sites (tertiary alicyclic amines) is 1. The molecule has 1 aromatic carbocycles. The van der Waals surface area contributed by atoms with Gasteiger partial charge in [-0.15, -0.1) is 0 Å². The average molecular weight is 345 g/mol. The number of nitrogens with zero attached hydrogens (tertiary/aromatic N) is 3. The highest BCUT2D eigenvalue weighted by molar-refractivity contribution is 5.92. The van der Waals surface area contributed by atoms with Gasteiger partial charge in [0.05, 0.1) is 6.10 Å². The van der Waals surface area contributed by atoms with E-state index in [-0.39, 0.29) is 17.8 Å². The number of carbonyl (C=O) groups excluding carboxylic acids is 1. The van der Waals surface area contributed by atoms with E-state index in [4.69, 9.17) is 4.74 Å². The van der Waals surface area contributed by atoms with Crippen LogP contribution in [-0.2, 0) is 4.74 Å². The summed E-state index contributed by atoms with van der Waals surface area (Å²) in [5.41, 5.74) is 0.673. The molecule has 0 bridgehead atoms. The minimum atomic E-state index is -0.368. The molecule has 1 fully saturated rings. The maximum atomic E-state index is 13.8. The van der Waals surface area contributed by atoms with Crippen molar-refractivity contribution in [1.82, 2.24) is 14.7 Å². The summed E-state index contributed by atoms with van der Waals surface area (Å²) < 4.78 is 21.1. The second kappa shape index (κ2) is 7.78. The first kappa shape index (κ1) is 17.6. The summed E-state index contributed by atoms with van der Waals surface area (Å²) in [6, 6.07) is 8.01. The number of amides is 1. The highest BCUT2D eigenvalue weighted by atomic mass is 19.1. The average Bonchev–Trinajstić information content (AvgIpc) is 3.10. The highest BCUT2D eigenvalue weighted by Crippen LogP contribution is 2.18. The number of hydrogen-bond acceptors (Lipinski definition) is 3. The number of benzene rings is 1. The molecule has 0 spiro atoms. The summed E-state index contributed by atoms with van der Waals surface area (Å²) in [5.74, 6) is 0.0344. The molecule has 1 amide bonds. The van der Waals surface area contributed by atoms with Crippen molar-refractivity contribution < 1.29 is 13.9 Å². The molecule has 0 saturated carbocycles. The van der Waals surface area contributed by atoms with Crippen molar-refractivity contribution >= 4 is 5.91 Å². The van der Waals surface area contributed by atoms with Gasteiger partial charge < -0.3 is 9.64 Å². The number of rotatable bonds is 5. The van der Waals surface area contributed by atoms with E-state index in [1.165, 1.54) is 10.7 Å². The maximum Gasteiger partial charge on any atom is 0.274 e. The fourth-order valence-electron chi connectivity index (χ4n) is 2.93. The fourth-order valence-corrected chi connectivity index (χ4v) is 2.93. The molecule has 134 valence electrons. The first-order chi connectivity index (χ1) is 12.0. The Balaban J connectivity index is 1.60. The van der Waals surface area contributed by atoms with E-state index >= 15 is 0 Å². The largest absolute Gasteiger partial charge is 0.378 e. The van der Waals surface area contributed by atoms with E-state index in [2.05, 4.69) is 18.9 Å². The molecule has 0 N–H and O–H groups in total. The van der Waals surface area contributed by atoms with Crippen molar-refractivity contribution in [3.05, 3.63) is 48.0 Å². The third-order valence-corrected chi connectivity index (χ3v) is 4.30. The van der Waals surface area contributed by atoms with E-state index in [0.29, 0.717) is 30.4 Å². The van der Waals surface area contributed by atoms with E-state index in [1.807, 2.05) is 0 Å². The van der Waals surface area contributed by atoms with Crippen LogP contribution in [0.5, 0.6) is 0 Å². The predicted octanol–water partition coefficient (Wildman–Crippen LogP) is 3.29. The molecule has 0 unspecified atom stereocenters. The molecule has 1 aliphatic heterocycles. The van der Waals surface area contributed by atoms with Gasteiger partial charge in [0, 0.05) is 25.9 Å². The number of ether oxygens (including phenoxy) is 1. The SMILES string of the molecule is CC(C)COC1CCN(C(=O)c2ccn(-c3ccccc3F)n2)CC1. The molecule has 1 aromatic heterocycles. The van der Waals surface area contributed by atoms with Crippen LogP contribution >= 0.6 is 0 Å². The van der Waals surface area contributed by atoms with Crippen LogP contribution in [0.25, 0.3) is 5.69 Å². The van der Waals surface area contributed by atoms with Gasteiger partial charge in [0.25, 0.3) is 5.91 Å². The van der Waals surface area contributed by atoms with Gasteiger partial charge in [0.1, 0.15) is 11.5 Å². The van der Waals surface area contributed by atoms with E-state index in [1.54, 1.807) is 35.4 Å². The van der Waals surface area contributed by atoms with Gasteiger partial charge in [-0.1, -0.05) is 26.0 Å². The molecule has 2 aromatic rings. The quantitative estimate of drug-likeness (QED) is 0.835. The summed E-state index contributed by atoms with van der Waals surface area (Å²) in [6.07, 6.45) is 3.52. The zero-order chi connectivity index (χ0) is 17.8. The molecule has 0 radical (unpaired) electrons. The third kappa shape index (κ3) is 4.25. The number of carbonyl (C=O) groups is 1. The Morgan fingerprint density at radius 2 is 2.00 bits per heavy atom. The maximum absolute atomic E-state index is 13.8. The molecule has 3 rings (SSSR count). The number of aromatic nitrogens is 2. The molecule has 1 saturated heterocycles. The van der Waals surface area contributed by atoms with Crippen molar-refractivity contribution in [2.24, 2.45) is 5.92 Å².